The van der Waals surface area contributed by atoms with Gasteiger partial charge in [0.1, 0.15) is 11.5 Å². The fourth-order valence-corrected chi connectivity index (χ4v) is 9.97. The van der Waals surface area contributed by atoms with Crippen molar-refractivity contribution in [3.05, 3.63) is 231 Å². The minimum atomic E-state index is -5.76. The number of alkyl halides is 3. The molecule has 0 bridgehead atoms. The molecule has 69 heavy (non-hydrogen) atoms. The van der Waals surface area contributed by atoms with Gasteiger partial charge in [0.15, 0.2) is 0 Å². The Morgan fingerprint density at radius 2 is 0.594 bits per heavy atom. The normalized spacial score (nSPS) is 11.9. The van der Waals surface area contributed by atoms with Crippen LogP contribution >= 0.6 is 0 Å². The standard InChI is InChI=1S/C31H19F3O3S.C30H20O/c32-31(33,34)38(35,36)37-24-10-6-9-22(18-24)20-7-5-8-21(17-20)23-15-16-29-27-13-2-1-11-25(27)26-12-3-4-14-28(26)30(29)19-23;31-24-10-6-9-22(18-24)20-7-5-8-21(17-20)23-15-16-29-27-13-2-1-11-25(27)26-12-3-4-14-28(26)30(29)19-23/h1-19H;1-19,31H. The Bertz CT molecular complexity index is 4020. The highest BCUT2D eigenvalue weighted by atomic mass is 32.2. The van der Waals surface area contributed by atoms with Gasteiger partial charge < -0.3 is 9.29 Å². The summed E-state index contributed by atoms with van der Waals surface area (Å²) < 4.78 is 65.5. The van der Waals surface area contributed by atoms with Crippen molar-refractivity contribution >= 4 is 74.8 Å². The molecule has 0 aromatic heterocycles. The molecule has 0 spiro atoms. The van der Waals surface area contributed by atoms with E-state index in [4.69, 9.17) is 0 Å². The van der Waals surface area contributed by atoms with Gasteiger partial charge in [-0.05, 0) is 158 Å². The Morgan fingerprint density at radius 3 is 0.957 bits per heavy atom. The number of hydrogen-bond acceptors (Lipinski definition) is 4. The summed E-state index contributed by atoms with van der Waals surface area (Å²) in [6.07, 6.45) is 0. The Kier molecular flexibility index (Phi) is 10.8. The number of benzene rings is 12. The molecule has 0 aliphatic carbocycles. The summed E-state index contributed by atoms with van der Waals surface area (Å²) in [5, 5.41) is 24.5. The summed E-state index contributed by atoms with van der Waals surface area (Å²) in [6, 6.07) is 76.1. The molecule has 0 saturated heterocycles. The lowest BCUT2D eigenvalue weighted by atomic mass is 9.91. The summed E-state index contributed by atoms with van der Waals surface area (Å²) in [5.41, 5.74) is 2.09. The Morgan fingerprint density at radius 1 is 0.304 bits per heavy atom. The number of aromatic hydroxyl groups is 1. The third-order valence-electron chi connectivity index (χ3n) is 12.7. The van der Waals surface area contributed by atoms with Crippen LogP contribution in [0, 0.1) is 0 Å². The summed E-state index contributed by atoms with van der Waals surface area (Å²) in [5.74, 6) is -0.124. The number of hydrogen-bond donors (Lipinski definition) is 1. The Balaban J connectivity index is 0.000000154. The molecule has 12 rings (SSSR count). The molecule has 1 N–H and O–H groups in total. The SMILES string of the molecule is O=S(=O)(Oc1cccc(-c2cccc(-c3ccc4c5ccccc5c5ccccc5c4c3)c2)c1)C(F)(F)F.Oc1cccc(-c2cccc(-c3ccc4c5ccccc5c5ccccc5c4c3)c2)c1. The molecule has 0 heterocycles. The van der Waals surface area contributed by atoms with Gasteiger partial charge in [-0.25, -0.2) is 0 Å². The first kappa shape index (κ1) is 43.1. The van der Waals surface area contributed by atoms with Crippen LogP contribution < -0.4 is 4.18 Å². The Labute approximate surface area is 395 Å². The number of phenols is 1. The largest absolute Gasteiger partial charge is 0.534 e. The average Bonchev–Trinajstić information content (AvgIpc) is 3.38. The van der Waals surface area contributed by atoms with Crippen molar-refractivity contribution in [2.24, 2.45) is 0 Å². The molecule has 0 amide bonds. The molecule has 4 nitrogen and oxygen atoms in total. The van der Waals surface area contributed by atoms with E-state index < -0.39 is 21.4 Å². The van der Waals surface area contributed by atoms with Gasteiger partial charge in [-0.1, -0.05) is 182 Å². The highest BCUT2D eigenvalue weighted by molar-refractivity contribution is 7.88. The number of rotatable bonds is 6. The molecule has 0 fully saturated rings. The fraction of sp³-hybridized carbons (Fsp3) is 0.0164. The maximum atomic E-state index is 12.8. The minimum absolute atomic E-state index is 0.284. The monoisotopic (exact) mass is 924 g/mol. The topological polar surface area (TPSA) is 63.6 Å². The van der Waals surface area contributed by atoms with Gasteiger partial charge >= 0.3 is 15.6 Å². The summed E-state index contributed by atoms with van der Waals surface area (Å²) in [6.45, 7) is 0. The smallest absolute Gasteiger partial charge is 0.508 e. The van der Waals surface area contributed by atoms with Crippen LogP contribution in [0.25, 0.3) is 109 Å². The summed E-state index contributed by atoms with van der Waals surface area (Å²) >= 11 is 0. The highest BCUT2D eigenvalue weighted by Crippen LogP contribution is 2.40. The molecule has 0 saturated carbocycles. The highest BCUT2D eigenvalue weighted by Gasteiger charge is 2.48. The lowest BCUT2D eigenvalue weighted by Crippen LogP contribution is -2.28. The van der Waals surface area contributed by atoms with Crippen molar-refractivity contribution in [2.45, 2.75) is 5.51 Å². The Hall–Kier alpha value is -8.46. The van der Waals surface area contributed by atoms with E-state index in [1.807, 2.05) is 60.7 Å². The average molecular weight is 925 g/mol. The fourth-order valence-electron chi connectivity index (χ4n) is 9.52. The first-order valence-corrected chi connectivity index (χ1v) is 23.7. The van der Waals surface area contributed by atoms with Crippen LogP contribution in [0.15, 0.2) is 231 Å². The van der Waals surface area contributed by atoms with E-state index in [1.165, 1.54) is 77.8 Å². The molecule has 0 radical (unpaired) electrons. The molecule has 12 aromatic rings. The summed E-state index contributed by atoms with van der Waals surface area (Å²) in [7, 11) is -5.76. The van der Waals surface area contributed by atoms with Crippen molar-refractivity contribution in [1.29, 1.82) is 0 Å². The molecule has 8 heteroatoms. The van der Waals surface area contributed by atoms with E-state index in [-0.39, 0.29) is 5.75 Å². The molecule has 0 atom stereocenters. The third kappa shape index (κ3) is 8.15. The van der Waals surface area contributed by atoms with Crippen molar-refractivity contribution in [1.82, 2.24) is 0 Å². The van der Waals surface area contributed by atoms with E-state index in [2.05, 4.69) is 138 Å². The minimum Gasteiger partial charge on any atom is -0.508 e. The lowest BCUT2D eigenvalue weighted by Gasteiger charge is -2.13. The predicted molar refractivity (Wildman–Crippen MR) is 277 cm³/mol. The second-order valence-corrected chi connectivity index (χ2v) is 18.5. The number of fused-ring (bicyclic) bond motifs is 12. The van der Waals surface area contributed by atoms with Crippen LogP contribution in [0.2, 0.25) is 0 Å². The van der Waals surface area contributed by atoms with Crippen LogP contribution in [0.1, 0.15) is 0 Å². The summed E-state index contributed by atoms with van der Waals surface area (Å²) in [4.78, 5) is 0. The lowest BCUT2D eigenvalue weighted by molar-refractivity contribution is -0.0500. The molecule has 0 aliphatic rings. The first-order valence-electron chi connectivity index (χ1n) is 22.3. The van der Waals surface area contributed by atoms with Crippen LogP contribution in [-0.4, -0.2) is 19.0 Å². The van der Waals surface area contributed by atoms with E-state index in [9.17, 15) is 26.7 Å². The van der Waals surface area contributed by atoms with Gasteiger partial charge in [-0.15, -0.1) is 0 Å². The van der Waals surface area contributed by atoms with Crippen LogP contribution in [0.5, 0.6) is 11.5 Å². The van der Waals surface area contributed by atoms with E-state index in [0.29, 0.717) is 11.1 Å². The molecule has 0 aliphatic heterocycles. The van der Waals surface area contributed by atoms with Gasteiger partial charge in [0.05, 0.1) is 0 Å². The van der Waals surface area contributed by atoms with Gasteiger partial charge in [0, 0.05) is 0 Å². The number of halogens is 3. The van der Waals surface area contributed by atoms with Gasteiger partial charge in [0.25, 0.3) is 0 Å². The second-order valence-electron chi connectivity index (χ2n) is 16.9. The number of phenolic OH excluding ortho intramolecular Hbond substituents is 1. The second kappa shape index (κ2) is 17.3. The van der Waals surface area contributed by atoms with E-state index >= 15 is 0 Å². The van der Waals surface area contributed by atoms with Crippen LogP contribution in [0.3, 0.4) is 0 Å². The van der Waals surface area contributed by atoms with Crippen LogP contribution in [-0.2, 0) is 10.1 Å². The van der Waals surface area contributed by atoms with Gasteiger partial charge in [0.2, 0.25) is 0 Å². The van der Waals surface area contributed by atoms with Gasteiger partial charge in [-0.3, -0.25) is 0 Å². The zero-order valence-corrected chi connectivity index (χ0v) is 37.5. The van der Waals surface area contributed by atoms with Crippen molar-refractivity contribution in [2.75, 3.05) is 0 Å². The van der Waals surface area contributed by atoms with Crippen LogP contribution in [0.4, 0.5) is 13.2 Å². The maximum absolute atomic E-state index is 12.8. The van der Waals surface area contributed by atoms with Crippen molar-refractivity contribution in [3.63, 3.8) is 0 Å². The molecular formula is C61H39F3O4S. The molecule has 12 aromatic carbocycles. The first-order chi connectivity index (χ1) is 33.5. The zero-order valence-electron chi connectivity index (χ0n) is 36.7. The molecule has 0 unspecified atom stereocenters. The predicted octanol–water partition coefficient (Wildman–Crippen LogP) is 16.9. The quantitative estimate of drug-likeness (QED) is 0.103. The molecule has 334 valence electrons. The van der Waals surface area contributed by atoms with E-state index in [1.54, 1.807) is 18.2 Å². The third-order valence-corrected chi connectivity index (χ3v) is 13.7. The zero-order chi connectivity index (χ0) is 47.3. The van der Waals surface area contributed by atoms with Gasteiger partial charge in [-0.2, -0.15) is 21.6 Å². The molecular weight excluding hydrogens is 886 g/mol. The maximum Gasteiger partial charge on any atom is 0.534 e. The van der Waals surface area contributed by atoms with Crippen molar-refractivity contribution in [3.8, 4) is 56.0 Å². The van der Waals surface area contributed by atoms with Crippen molar-refractivity contribution < 1.29 is 30.9 Å². The van der Waals surface area contributed by atoms with E-state index in [0.717, 1.165) is 38.4 Å².